The van der Waals surface area contributed by atoms with Crippen LogP contribution in [0, 0.1) is 11.8 Å². The highest BCUT2D eigenvalue weighted by Gasteiger charge is 2.13. The molecule has 0 amide bonds. The van der Waals surface area contributed by atoms with E-state index >= 15 is 0 Å². The smallest absolute Gasteiger partial charge is 0.148 e. The molecule has 1 atom stereocenters. The normalized spacial score (nSPS) is 14.7. The molecular formula is C11H26N2O2S. The van der Waals surface area contributed by atoms with Crippen molar-refractivity contribution in [2.45, 2.75) is 20.3 Å². The van der Waals surface area contributed by atoms with Crippen LogP contribution in [0.3, 0.4) is 0 Å². The van der Waals surface area contributed by atoms with Crippen molar-refractivity contribution in [1.29, 1.82) is 0 Å². The van der Waals surface area contributed by atoms with E-state index in [0.29, 0.717) is 24.9 Å². The molecule has 98 valence electrons. The number of hydrogen-bond acceptors (Lipinski definition) is 4. The maximum Gasteiger partial charge on any atom is 0.148 e. The van der Waals surface area contributed by atoms with E-state index in [-0.39, 0.29) is 5.75 Å². The Kier molecular flexibility index (Phi) is 7.19. The number of hydrogen-bond donors (Lipinski definition) is 1. The maximum atomic E-state index is 11.0. The van der Waals surface area contributed by atoms with Crippen molar-refractivity contribution in [3.05, 3.63) is 0 Å². The maximum absolute atomic E-state index is 11.0. The molecule has 0 aliphatic carbocycles. The molecule has 2 N–H and O–H groups in total. The molecular weight excluding hydrogens is 224 g/mol. The third-order valence-corrected chi connectivity index (χ3v) is 3.48. The zero-order valence-corrected chi connectivity index (χ0v) is 11.8. The second kappa shape index (κ2) is 7.25. The Balaban J connectivity index is 3.96. The first kappa shape index (κ1) is 15.9. The molecule has 0 aliphatic heterocycles. The minimum Gasteiger partial charge on any atom is -0.330 e. The molecule has 0 saturated carbocycles. The lowest BCUT2D eigenvalue weighted by molar-refractivity contribution is 0.266. The molecule has 0 heterocycles. The van der Waals surface area contributed by atoms with Crippen LogP contribution in [-0.4, -0.2) is 52.0 Å². The monoisotopic (exact) mass is 250 g/mol. The highest BCUT2D eigenvalue weighted by atomic mass is 32.2. The van der Waals surface area contributed by atoms with Crippen molar-refractivity contribution in [3.63, 3.8) is 0 Å². The molecule has 0 aromatic heterocycles. The van der Waals surface area contributed by atoms with Gasteiger partial charge in [-0.15, -0.1) is 0 Å². The van der Waals surface area contributed by atoms with Crippen LogP contribution in [0.2, 0.25) is 0 Å². The highest BCUT2D eigenvalue weighted by molar-refractivity contribution is 7.90. The third kappa shape index (κ3) is 9.12. The van der Waals surface area contributed by atoms with Gasteiger partial charge in [-0.25, -0.2) is 8.42 Å². The van der Waals surface area contributed by atoms with Gasteiger partial charge in [-0.3, -0.25) is 0 Å². The topological polar surface area (TPSA) is 63.4 Å². The zero-order chi connectivity index (χ0) is 12.8. The molecule has 0 bridgehead atoms. The van der Waals surface area contributed by atoms with Gasteiger partial charge < -0.3 is 10.6 Å². The first-order valence-electron chi connectivity index (χ1n) is 5.81. The number of sulfone groups is 1. The fourth-order valence-corrected chi connectivity index (χ4v) is 2.41. The SMILES string of the molecule is CC(C)CC(CN)CN(C)CCS(C)(=O)=O. The van der Waals surface area contributed by atoms with Crippen LogP contribution < -0.4 is 5.73 Å². The van der Waals surface area contributed by atoms with Gasteiger partial charge in [0.15, 0.2) is 0 Å². The summed E-state index contributed by atoms with van der Waals surface area (Å²) in [4.78, 5) is 2.06. The Bertz CT molecular complexity index is 276. The van der Waals surface area contributed by atoms with E-state index in [1.165, 1.54) is 6.26 Å². The molecule has 1 unspecified atom stereocenters. The van der Waals surface area contributed by atoms with Crippen molar-refractivity contribution in [3.8, 4) is 0 Å². The Morgan fingerprint density at radius 1 is 1.31 bits per heavy atom. The van der Waals surface area contributed by atoms with Gasteiger partial charge in [0.2, 0.25) is 0 Å². The van der Waals surface area contributed by atoms with Crippen molar-refractivity contribution in [2.75, 3.05) is 38.7 Å². The van der Waals surface area contributed by atoms with Crippen LogP contribution in [0.4, 0.5) is 0 Å². The van der Waals surface area contributed by atoms with Crippen LogP contribution in [0.25, 0.3) is 0 Å². The Morgan fingerprint density at radius 2 is 1.88 bits per heavy atom. The molecule has 0 radical (unpaired) electrons. The van der Waals surface area contributed by atoms with E-state index in [1.54, 1.807) is 0 Å². The number of nitrogens with zero attached hydrogens (tertiary/aromatic N) is 1. The molecule has 0 spiro atoms. The third-order valence-electron chi connectivity index (χ3n) is 2.55. The van der Waals surface area contributed by atoms with Gasteiger partial charge in [-0.2, -0.15) is 0 Å². The lowest BCUT2D eigenvalue weighted by Gasteiger charge is -2.24. The molecule has 0 rings (SSSR count). The summed E-state index contributed by atoms with van der Waals surface area (Å²) >= 11 is 0. The summed E-state index contributed by atoms with van der Waals surface area (Å²) < 4.78 is 22.0. The fourth-order valence-electron chi connectivity index (χ4n) is 1.77. The van der Waals surface area contributed by atoms with E-state index in [1.807, 2.05) is 7.05 Å². The summed E-state index contributed by atoms with van der Waals surface area (Å²) in [6.45, 7) is 6.50. The van der Waals surface area contributed by atoms with Crippen LogP contribution in [0.15, 0.2) is 0 Å². The first-order chi connectivity index (χ1) is 7.24. The Morgan fingerprint density at radius 3 is 2.25 bits per heavy atom. The summed E-state index contributed by atoms with van der Waals surface area (Å²) in [7, 11) is -0.905. The van der Waals surface area contributed by atoms with Gasteiger partial charge in [0.25, 0.3) is 0 Å². The largest absolute Gasteiger partial charge is 0.330 e. The van der Waals surface area contributed by atoms with Gasteiger partial charge in [0, 0.05) is 19.3 Å². The zero-order valence-electron chi connectivity index (χ0n) is 10.9. The van der Waals surface area contributed by atoms with E-state index in [9.17, 15) is 8.42 Å². The van der Waals surface area contributed by atoms with Gasteiger partial charge in [0.05, 0.1) is 5.75 Å². The van der Waals surface area contributed by atoms with Crippen LogP contribution in [0.1, 0.15) is 20.3 Å². The molecule has 16 heavy (non-hydrogen) atoms. The van der Waals surface area contributed by atoms with Crippen molar-refractivity contribution < 1.29 is 8.42 Å². The van der Waals surface area contributed by atoms with E-state index in [0.717, 1.165) is 13.0 Å². The number of nitrogens with two attached hydrogens (primary N) is 1. The summed E-state index contributed by atoms with van der Waals surface area (Å²) in [5.74, 6) is 1.32. The van der Waals surface area contributed by atoms with Gasteiger partial charge in [-0.05, 0) is 31.8 Å². The molecule has 0 aromatic carbocycles. The van der Waals surface area contributed by atoms with Crippen LogP contribution in [-0.2, 0) is 9.84 Å². The highest BCUT2D eigenvalue weighted by Crippen LogP contribution is 2.11. The van der Waals surface area contributed by atoms with Gasteiger partial charge in [0.1, 0.15) is 9.84 Å². The van der Waals surface area contributed by atoms with Crippen molar-refractivity contribution in [1.82, 2.24) is 4.90 Å². The average molecular weight is 250 g/mol. The average Bonchev–Trinajstić information content (AvgIpc) is 2.12. The van der Waals surface area contributed by atoms with E-state index in [4.69, 9.17) is 5.73 Å². The van der Waals surface area contributed by atoms with Crippen LogP contribution in [0.5, 0.6) is 0 Å². The van der Waals surface area contributed by atoms with E-state index < -0.39 is 9.84 Å². The lowest BCUT2D eigenvalue weighted by atomic mass is 9.97. The predicted molar refractivity (Wildman–Crippen MR) is 69.2 cm³/mol. The second-order valence-electron chi connectivity index (χ2n) is 5.12. The van der Waals surface area contributed by atoms with Crippen LogP contribution >= 0.6 is 0 Å². The quantitative estimate of drug-likeness (QED) is 0.684. The summed E-state index contributed by atoms with van der Waals surface area (Å²) in [6, 6.07) is 0. The number of rotatable bonds is 8. The standard InChI is InChI=1S/C11H26N2O2S/c1-10(2)7-11(8-12)9-13(3)5-6-16(4,14)15/h10-11H,5-9,12H2,1-4H3. The summed E-state index contributed by atoms with van der Waals surface area (Å²) in [6.07, 6.45) is 2.37. The predicted octanol–water partition coefficient (Wildman–Crippen LogP) is 0.584. The van der Waals surface area contributed by atoms with Gasteiger partial charge >= 0.3 is 0 Å². The van der Waals surface area contributed by atoms with Crippen molar-refractivity contribution >= 4 is 9.84 Å². The molecule has 4 nitrogen and oxygen atoms in total. The molecule has 0 saturated heterocycles. The van der Waals surface area contributed by atoms with Gasteiger partial charge in [-0.1, -0.05) is 13.8 Å². The first-order valence-corrected chi connectivity index (χ1v) is 7.87. The lowest BCUT2D eigenvalue weighted by Crippen LogP contribution is -2.33. The fraction of sp³-hybridized carbons (Fsp3) is 1.00. The summed E-state index contributed by atoms with van der Waals surface area (Å²) in [5, 5.41) is 0. The minimum absolute atomic E-state index is 0.225. The molecule has 0 aliphatic rings. The summed E-state index contributed by atoms with van der Waals surface area (Å²) in [5.41, 5.74) is 5.71. The Labute approximate surface area is 100 Å². The molecule has 0 aromatic rings. The molecule has 5 heteroatoms. The van der Waals surface area contributed by atoms with E-state index in [2.05, 4.69) is 18.7 Å². The van der Waals surface area contributed by atoms with Crippen molar-refractivity contribution in [2.24, 2.45) is 17.6 Å². The second-order valence-corrected chi connectivity index (χ2v) is 7.38. The Hall–Kier alpha value is -0.130. The minimum atomic E-state index is -2.86. The molecule has 0 fully saturated rings.